The summed E-state index contributed by atoms with van der Waals surface area (Å²) < 4.78 is 5.46. The highest BCUT2D eigenvalue weighted by atomic mass is 35.5. The molecule has 0 saturated carbocycles. The summed E-state index contributed by atoms with van der Waals surface area (Å²) in [6.45, 7) is 0. The molecule has 5 heteroatoms. The third-order valence-corrected chi connectivity index (χ3v) is 2.69. The number of nitrogens with zero attached hydrogens (tertiary/aromatic N) is 1. The van der Waals surface area contributed by atoms with E-state index >= 15 is 0 Å². The molecule has 1 aromatic carbocycles. The van der Waals surface area contributed by atoms with Crippen LogP contribution in [0.4, 0.5) is 5.69 Å². The van der Waals surface area contributed by atoms with Crippen molar-refractivity contribution in [3.05, 3.63) is 46.6 Å². The number of halogens is 2. The first-order valence-corrected chi connectivity index (χ1v) is 5.26. The van der Waals surface area contributed by atoms with E-state index in [1.54, 1.807) is 30.3 Å². The Kier molecular flexibility index (Phi) is 3.17. The lowest BCUT2D eigenvalue weighted by atomic mass is 10.3. The molecule has 2 aromatic rings. The number of hydrogen-bond acceptors (Lipinski definition) is 3. The molecule has 16 heavy (non-hydrogen) atoms. The van der Waals surface area contributed by atoms with Gasteiger partial charge in [0.1, 0.15) is 10.8 Å². The van der Waals surface area contributed by atoms with Crippen LogP contribution in [-0.2, 0) is 0 Å². The van der Waals surface area contributed by atoms with E-state index in [4.69, 9.17) is 33.7 Å². The van der Waals surface area contributed by atoms with Crippen molar-refractivity contribution in [2.75, 3.05) is 5.73 Å². The van der Waals surface area contributed by atoms with Gasteiger partial charge in [-0.3, -0.25) is 0 Å². The number of hydrogen-bond donors (Lipinski definition) is 1. The quantitative estimate of drug-likeness (QED) is 0.888. The number of nitrogens with two attached hydrogens (primary N) is 1. The van der Waals surface area contributed by atoms with Crippen molar-refractivity contribution < 1.29 is 4.74 Å². The molecular formula is C11H8Cl2N2O. The van der Waals surface area contributed by atoms with E-state index in [9.17, 15) is 0 Å². The molecule has 0 bridgehead atoms. The van der Waals surface area contributed by atoms with Gasteiger partial charge in [0.2, 0.25) is 5.88 Å². The van der Waals surface area contributed by atoms with Crippen LogP contribution >= 0.6 is 23.2 Å². The van der Waals surface area contributed by atoms with Crippen LogP contribution in [0.3, 0.4) is 0 Å². The van der Waals surface area contributed by atoms with Crippen molar-refractivity contribution in [3.63, 3.8) is 0 Å². The molecule has 3 nitrogen and oxygen atoms in total. The molecule has 0 spiro atoms. The van der Waals surface area contributed by atoms with E-state index in [0.29, 0.717) is 27.4 Å². The van der Waals surface area contributed by atoms with Crippen LogP contribution in [0.1, 0.15) is 0 Å². The maximum atomic E-state index is 5.96. The Morgan fingerprint density at radius 1 is 1.12 bits per heavy atom. The fourth-order valence-electron chi connectivity index (χ4n) is 1.13. The fraction of sp³-hybridized carbons (Fsp3) is 0. The third-order valence-electron chi connectivity index (χ3n) is 1.89. The maximum absolute atomic E-state index is 5.96. The number of benzene rings is 1. The van der Waals surface area contributed by atoms with Crippen LogP contribution < -0.4 is 10.5 Å². The number of ether oxygens (including phenoxy) is 1. The summed E-state index contributed by atoms with van der Waals surface area (Å²) >= 11 is 11.8. The molecule has 0 aliphatic carbocycles. The second-order valence-electron chi connectivity index (χ2n) is 3.08. The summed E-state index contributed by atoms with van der Waals surface area (Å²) in [5.74, 6) is 0.879. The first-order valence-electron chi connectivity index (χ1n) is 4.50. The molecule has 2 rings (SSSR count). The molecule has 0 fully saturated rings. The van der Waals surface area contributed by atoms with Crippen molar-refractivity contribution in [2.45, 2.75) is 0 Å². The van der Waals surface area contributed by atoms with Crippen molar-refractivity contribution >= 4 is 28.9 Å². The summed E-state index contributed by atoms with van der Waals surface area (Å²) in [4.78, 5) is 4.00. The van der Waals surface area contributed by atoms with Gasteiger partial charge in [0.05, 0.1) is 16.9 Å². The molecule has 82 valence electrons. The molecular weight excluding hydrogens is 247 g/mol. The summed E-state index contributed by atoms with van der Waals surface area (Å²) in [6.07, 6.45) is 1.51. The average molecular weight is 255 g/mol. The van der Waals surface area contributed by atoms with Gasteiger partial charge in [0, 0.05) is 6.07 Å². The number of nitrogen functional groups attached to an aromatic ring is 1. The number of anilines is 1. The molecule has 0 atom stereocenters. The molecule has 0 saturated heterocycles. The summed E-state index contributed by atoms with van der Waals surface area (Å²) in [5, 5.41) is 0.803. The first kappa shape index (κ1) is 11.0. The Balaban J connectivity index is 2.27. The summed E-state index contributed by atoms with van der Waals surface area (Å²) in [7, 11) is 0. The first-order chi connectivity index (χ1) is 7.66. The Bertz CT molecular complexity index is 500. The van der Waals surface area contributed by atoms with Gasteiger partial charge in [-0.25, -0.2) is 4.98 Å². The van der Waals surface area contributed by atoms with E-state index in [1.165, 1.54) is 6.20 Å². The Hall–Kier alpha value is -1.45. The summed E-state index contributed by atoms with van der Waals surface area (Å²) in [5.41, 5.74) is 6.08. The van der Waals surface area contributed by atoms with Crippen LogP contribution in [0.2, 0.25) is 10.0 Å². The molecule has 0 aliphatic rings. The molecule has 0 unspecified atom stereocenters. The van der Waals surface area contributed by atoms with E-state index < -0.39 is 0 Å². The monoisotopic (exact) mass is 254 g/mol. The van der Waals surface area contributed by atoms with Crippen molar-refractivity contribution in [2.24, 2.45) is 0 Å². The smallest absolute Gasteiger partial charge is 0.219 e. The van der Waals surface area contributed by atoms with Gasteiger partial charge in [-0.15, -0.1) is 0 Å². The van der Waals surface area contributed by atoms with Crippen molar-refractivity contribution in [1.82, 2.24) is 4.98 Å². The maximum Gasteiger partial charge on any atom is 0.219 e. The number of pyridine rings is 1. The minimum atomic E-state index is 0.364. The van der Waals surface area contributed by atoms with Crippen LogP contribution in [-0.4, -0.2) is 4.98 Å². The van der Waals surface area contributed by atoms with E-state index in [-0.39, 0.29) is 0 Å². The normalized spacial score (nSPS) is 10.1. The predicted octanol–water partition coefficient (Wildman–Crippen LogP) is 3.76. The highest BCUT2D eigenvalue weighted by Crippen LogP contribution is 2.33. The fourth-order valence-corrected chi connectivity index (χ4v) is 1.46. The topological polar surface area (TPSA) is 48.1 Å². The van der Waals surface area contributed by atoms with Gasteiger partial charge < -0.3 is 10.5 Å². The highest BCUT2D eigenvalue weighted by Gasteiger charge is 2.06. The zero-order valence-corrected chi connectivity index (χ0v) is 9.66. The van der Waals surface area contributed by atoms with Crippen molar-refractivity contribution in [1.29, 1.82) is 0 Å². The Labute approximate surface area is 103 Å². The molecule has 1 heterocycles. The molecule has 1 aromatic heterocycles. The highest BCUT2D eigenvalue weighted by molar-refractivity contribution is 6.42. The third kappa shape index (κ3) is 2.38. The van der Waals surface area contributed by atoms with Crippen LogP contribution in [0.25, 0.3) is 0 Å². The lowest BCUT2D eigenvalue weighted by molar-refractivity contribution is 0.463. The summed E-state index contributed by atoms with van der Waals surface area (Å²) in [6, 6.07) is 8.51. The Morgan fingerprint density at radius 2 is 1.94 bits per heavy atom. The minimum Gasteiger partial charge on any atom is -0.437 e. The predicted molar refractivity (Wildman–Crippen MR) is 65.2 cm³/mol. The number of rotatable bonds is 2. The lowest BCUT2D eigenvalue weighted by Crippen LogP contribution is -1.90. The van der Waals surface area contributed by atoms with Gasteiger partial charge >= 0.3 is 0 Å². The molecule has 0 radical (unpaired) electrons. The van der Waals surface area contributed by atoms with Crippen LogP contribution in [0.5, 0.6) is 11.6 Å². The molecule has 0 amide bonds. The van der Waals surface area contributed by atoms with Gasteiger partial charge in [-0.2, -0.15) is 0 Å². The van der Waals surface area contributed by atoms with Gasteiger partial charge in [-0.1, -0.05) is 29.3 Å². The second kappa shape index (κ2) is 4.60. The van der Waals surface area contributed by atoms with E-state index in [0.717, 1.165) is 0 Å². The van der Waals surface area contributed by atoms with Gasteiger partial charge in [-0.05, 0) is 18.2 Å². The largest absolute Gasteiger partial charge is 0.437 e. The van der Waals surface area contributed by atoms with E-state index in [1.807, 2.05) is 0 Å². The Morgan fingerprint density at radius 3 is 2.62 bits per heavy atom. The molecule has 0 aliphatic heterocycles. The van der Waals surface area contributed by atoms with E-state index in [2.05, 4.69) is 4.98 Å². The zero-order chi connectivity index (χ0) is 11.5. The van der Waals surface area contributed by atoms with Crippen LogP contribution in [0.15, 0.2) is 36.5 Å². The van der Waals surface area contributed by atoms with Crippen LogP contribution in [0, 0.1) is 0 Å². The van der Waals surface area contributed by atoms with Gasteiger partial charge in [0.25, 0.3) is 0 Å². The number of aromatic nitrogens is 1. The second-order valence-corrected chi connectivity index (χ2v) is 3.87. The van der Waals surface area contributed by atoms with Crippen molar-refractivity contribution in [3.8, 4) is 11.6 Å². The lowest BCUT2D eigenvalue weighted by Gasteiger charge is -2.07. The minimum absolute atomic E-state index is 0.364. The standard InChI is InChI=1S/C11H8Cl2N2O/c12-8-2-1-3-9(11(8)13)16-10-5-4-7(14)6-15-10/h1-6H,14H2. The SMILES string of the molecule is Nc1ccc(Oc2cccc(Cl)c2Cl)nc1. The average Bonchev–Trinajstić information content (AvgIpc) is 2.28. The zero-order valence-electron chi connectivity index (χ0n) is 8.15. The van der Waals surface area contributed by atoms with Gasteiger partial charge in [0.15, 0.2) is 0 Å². The molecule has 2 N–H and O–H groups in total.